The number of β-amino-alcohol motifs (C(OH)–C–C–N with tert-alkyl or cyclic N) is 1. The Morgan fingerprint density at radius 1 is 1.60 bits per heavy atom. The highest BCUT2D eigenvalue weighted by Crippen LogP contribution is 2.24. The molecule has 0 bridgehead atoms. The standard InChI is InChI=1S/C14H19ClN2O3/c1-17(14(19)12-6-11(18)7-16-12)8-9-5-10(15)3-4-13(9)20-2/h3-5,11-12,16,18H,6-8H2,1-2H3/t11-,12+/m0/s1. The third-order valence-electron chi connectivity index (χ3n) is 3.43. The Balaban J connectivity index is 2.05. The van der Waals surface area contributed by atoms with Crippen molar-refractivity contribution < 1.29 is 14.6 Å². The van der Waals surface area contributed by atoms with Gasteiger partial charge in [0.1, 0.15) is 5.75 Å². The summed E-state index contributed by atoms with van der Waals surface area (Å²) in [6.07, 6.45) is 0.00798. The maximum Gasteiger partial charge on any atom is 0.239 e. The number of nitrogens with one attached hydrogen (secondary N) is 1. The van der Waals surface area contributed by atoms with E-state index < -0.39 is 6.10 Å². The van der Waals surface area contributed by atoms with Crippen LogP contribution in [0.15, 0.2) is 18.2 Å². The van der Waals surface area contributed by atoms with E-state index in [-0.39, 0.29) is 11.9 Å². The van der Waals surface area contributed by atoms with Crippen molar-refractivity contribution in [3.05, 3.63) is 28.8 Å². The maximum atomic E-state index is 12.3. The fourth-order valence-corrected chi connectivity index (χ4v) is 2.57. The molecule has 20 heavy (non-hydrogen) atoms. The molecule has 0 spiro atoms. The minimum Gasteiger partial charge on any atom is -0.496 e. The molecule has 1 aliphatic rings. The Labute approximate surface area is 123 Å². The van der Waals surface area contributed by atoms with E-state index in [4.69, 9.17) is 16.3 Å². The fraction of sp³-hybridized carbons (Fsp3) is 0.500. The summed E-state index contributed by atoms with van der Waals surface area (Å²) in [6, 6.07) is 5.01. The zero-order valence-corrected chi connectivity index (χ0v) is 12.4. The second kappa shape index (κ2) is 6.43. The second-order valence-corrected chi connectivity index (χ2v) is 5.44. The average molecular weight is 299 g/mol. The van der Waals surface area contributed by atoms with Gasteiger partial charge in [0, 0.05) is 30.7 Å². The molecule has 1 aromatic carbocycles. The van der Waals surface area contributed by atoms with Crippen molar-refractivity contribution >= 4 is 17.5 Å². The number of carbonyl (C=O) groups excluding carboxylic acids is 1. The van der Waals surface area contributed by atoms with Crippen LogP contribution in [0.1, 0.15) is 12.0 Å². The van der Waals surface area contributed by atoms with Crippen LogP contribution in [0.2, 0.25) is 5.02 Å². The lowest BCUT2D eigenvalue weighted by molar-refractivity contribution is -0.132. The largest absolute Gasteiger partial charge is 0.496 e. The molecule has 2 atom stereocenters. The first-order chi connectivity index (χ1) is 9.51. The zero-order valence-electron chi connectivity index (χ0n) is 11.6. The van der Waals surface area contributed by atoms with Gasteiger partial charge in [-0.3, -0.25) is 4.79 Å². The summed E-state index contributed by atoms with van der Waals surface area (Å²) in [6.45, 7) is 0.877. The predicted octanol–water partition coefficient (Wildman–Crippen LogP) is 1.03. The van der Waals surface area contributed by atoms with Crippen LogP contribution in [-0.4, -0.2) is 48.8 Å². The highest BCUT2D eigenvalue weighted by atomic mass is 35.5. The highest BCUT2D eigenvalue weighted by Gasteiger charge is 2.30. The Kier molecular flexibility index (Phi) is 4.86. The number of aliphatic hydroxyl groups is 1. The number of amides is 1. The van der Waals surface area contributed by atoms with E-state index >= 15 is 0 Å². The number of rotatable bonds is 4. The molecule has 6 heteroatoms. The summed E-state index contributed by atoms with van der Waals surface area (Å²) in [7, 11) is 3.32. The van der Waals surface area contributed by atoms with Crippen molar-refractivity contribution in [3.63, 3.8) is 0 Å². The number of ether oxygens (including phenoxy) is 1. The van der Waals surface area contributed by atoms with Crippen molar-refractivity contribution in [2.45, 2.75) is 25.1 Å². The van der Waals surface area contributed by atoms with Crippen molar-refractivity contribution in [3.8, 4) is 5.75 Å². The van der Waals surface area contributed by atoms with E-state index in [0.29, 0.717) is 30.3 Å². The molecule has 1 aromatic rings. The molecule has 0 saturated carbocycles. The number of nitrogens with zero attached hydrogens (tertiary/aromatic N) is 1. The first-order valence-corrected chi connectivity index (χ1v) is 6.88. The number of likely N-dealkylation sites (N-methyl/N-ethyl adjacent to an activating group) is 1. The number of halogens is 1. The summed E-state index contributed by atoms with van der Waals surface area (Å²) in [5.41, 5.74) is 0.856. The number of benzene rings is 1. The molecule has 0 aromatic heterocycles. The lowest BCUT2D eigenvalue weighted by Gasteiger charge is -2.22. The van der Waals surface area contributed by atoms with Crippen molar-refractivity contribution in [1.82, 2.24) is 10.2 Å². The van der Waals surface area contributed by atoms with Crippen LogP contribution in [0.4, 0.5) is 0 Å². The molecule has 0 radical (unpaired) electrons. The third-order valence-corrected chi connectivity index (χ3v) is 3.67. The van der Waals surface area contributed by atoms with Crippen LogP contribution in [0, 0.1) is 0 Å². The van der Waals surface area contributed by atoms with Gasteiger partial charge in [0.2, 0.25) is 5.91 Å². The van der Waals surface area contributed by atoms with Crippen molar-refractivity contribution in [2.24, 2.45) is 0 Å². The van der Waals surface area contributed by atoms with E-state index in [1.807, 2.05) is 0 Å². The van der Waals surface area contributed by atoms with Crippen LogP contribution in [0.5, 0.6) is 5.75 Å². The lowest BCUT2D eigenvalue weighted by Crippen LogP contribution is -2.41. The monoisotopic (exact) mass is 298 g/mol. The zero-order chi connectivity index (χ0) is 14.7. The number of aliphatic hydroxyl groups excluding tert-OH is 1. The minimum atomic E-state index is -0.446. The molecule has 2 rings (SSSR count). The number of hydrogen-bond acceptors (Lipinski definition) is 4. The average Bonchev–Trinajstić information content (AvgIpc) is 2.84. The Morgan fingerprint density at radius 3 is 2.95 bits per heavy atom. The molecule has 1 aliphatic heterocycles. The van der Waals surface area contributed by atoms with E-state index in [2.05, 4.69) is 5.32 Å². The molecule has 2 N–H and O–H groups in total. The number of hydrogen-bond donors (Lipinski definition) is 2. The van der Waals surface area contributed by atoms with E-state index in [1.165, 1.54) is 0 Å². The minimum absolute atomic E-state index is 0.0384. The SMILES string of the molecule is COc1ccc(Cl)cc1CN(C)C(=O)[C@H]1C[C@H](O)CN1. The van der Waals surface area contributed by atoms with Crippen LogP contribution in [-0.2, 0) is 11.3 Å². The first kappa shape index (κ1) is 15.1. The molecule has 1 fully saturated rings. The lowest BCUT2D eigenvalue weighted by atomic mass is 10.1. The third kappa shape index (κ3) is 3.42. The highest BCUT2D eigenvalue weighted by molar-refractivity contribution is 6.30. The Morgan fingerprint density at radius 2 is 2.35 bits per heavy atom. The Bertz CT molecular complexity index is 495. The van der Waals surface area contributed by atoms with Gasteiger partial charge in [-0.05, 0) is 24.6 Å². The predicted molar refractivity (Wildman–Crippen MR) is 76.9 cm³/mol. The summed E-state index contributed by atoms with van der Waals surface area (Å²) in [4.78, 5) is 13.9. The quantitative estimate of drug-likeness (QED) is 0.871. The van der Waals surface area contributed by atoms with Gasteiger partial charge < -0.3 is 20.1 Å². The summed E-state index contributed by atoms with van der Waals surface area (Å²) in [5, 5.41) is 13.1. The van der Waals surface area contributed by atoms with Crippen LogP contribution in [0.3, 0.4) is 0 Å². The number of methoxy groups -OCH3 is 1. The molecule has 110 valence electrons. The van der Waals surface area contributed by atoms with Gasteiger partial charge in [0.05, 0.1) is 19.3 Å². The topological polar surface area (TPSA) is 61.8 Å². The van der Waals surface area contributed by atoms with Crippen LogP contribution >= 0.6 is 11.6 Å². The van der Waals surface area contributed by atoms with Gasteiger partial charge in [0.15, 0.2) is 0 Å². The molecule has 0 aliphatic carbocycles. The molecular weight excluding hydrogens is 280 g/mol. The molecule has 1 saturated heterocycles. The maximum absolute atomic E-state index is 12.3. The second-order valence-electron chi connectivity index (χ2n) is 5.00. The molecule has 5 nitrogen and oxygen atoms in total. The van der Waals surface area contributed by atoms with Gasteiger partial charge >= 0.3 is 0 Å². The van der Waals surface area contributed by atoms with Gasteiger partial charge in [-0.1, -0.05) is 11.6 Å². The van der Waals surface area contributed by atoms with Gasteiger partial charge in [-0.15, -0.1) is 0 Å². The molecule has 0 unspecified atom stereocenters. The summed E-state index contributed by atoms with van der Waals surface area (Å²) < 4.78 is 5.27. The van der Waals surface area contributed by atoms with Crippen molar-refractivity contribution in [1.29, 1.82) is 0 Å². The summed E-state index contributed by atoms with van der Waals surface area (Å²) >= 11 is 5.98. The molecular formula is C14H19ClN2O3. The Hall–Kier alpha value is -1.30. The first-order valence-electron chi connectivity index (χ1n) is 6.50. The van der Waals surface area contributed by atoms with Crippen LogP contribution < -0.4 is 10.1 Å². The van der Waals surface area contributed by atoms with Gasteiger partial charge in [-0.2, -0.15) is 0 Å². The van der Waals surface area contributed by atoms with Gasteiger partial charge in [-0.25, -0.2) is 0 Å². The fourth-order valence-electron chi connectivity index (χ4n) is 2.38. The van der Waals surface area contributed by atoms with E-state index in [0.717, 1.165) is 5.56 Å². The van der Waals surface area contributed by atoms with E-state index in [1.54, 1.807) is 37.3 Å². The van der Waals surface area contributed by atoms with Crippen LogP contribution in [0.25, 0.3) is 0 Å². The normalized spacial score (nSPS) is 21.8. The van der Waals surface area contributed by atoms with Gasteiger partial charge in [0.25, 0.3) is 0 Å². The smallest absolute Gasteiger partial charge is 0.239 e. The molecule has 1 amide bonds. The summed E-state index contributed by atoms with van der Waals surface area (Å²) in [5.74, 6) is 0.664. The van der Waals surface area contributed by atoms with E-state index in [9.17, 15) is 9.90 Å². The number of carbonyl (C=O) groups is 1. The molecule has 1 heterocycles. The van der Waals surface area contributed by atoms with Crippen molar-refractivity contribution in [2.75, 3.05) is 20.7 Å².